The van der Waals surface area contributed by atoms with Crippen molar-refractivity contribution in [1.82, 2.24) is 15.0 Å². The van der Waals surface area contributed by atoms with Gasteiger partial charge in [0.1, 0.15) is 0 Å². The third kappa shape index (κ3) is 4.18. The normalized spacial score (nSPS) is 20.2. The van der Waals surface area contributed by atoms with Crippen LogP contribution < -0.4 is 15.2 Å². The third-order valence-corrected chi connectivity index (χ3v) is 5.81. The number of carbonyl (C=O) groups excluding carboxylic acids is 1. The van der Waals surface area contributed by atoms with E-state index in [4.69, 9.17) is 19.7 Å². The molecule has 2 heterocycles. The van der Waals surface area contributed by atoms with Crippen molar-refractivity contribution in [2.45, 2.75) is 43.6 Å². The lowest BCUT2D eigenvalue weighted by Gasteiger charge is -2.34. The number of aromatic nitrogens is 2. The van der Waals surface area contributed by atoms with Gasteiger partial charge in [-0.2, -0.15) is 4.98 Å². The van der Waals surface area contributed by atoms with Crippen molar-refractivity contribution in [1.29, 1.82) is 0 Å². The van der Waals surface area contributed by atoms with Gasteiger partial charge < -0.3 is 24.6 Å². The van der Waals surface area contributed by atoms with Gasteiger partial charge in [0.2, 0.25) is 11.8 Å². The highest BCUT2D eigenvalue weighted by molar-refractivity contribution is 5.85. The maximum Gasteiger partial charge on any atom is 0.232 e. The van der Waals surface area contributed by atoms with Crippen LogP contribution in [0.3, 0.4) is 0 Å². The Labute approximate surface area is 176 Å². The van der Waals surface area contributed by atoms with Crippen LogP contribution in [0.4, 0.5) is 0 Å². The Bertz CT molecular complexity index is 868. The number of nitrogens with zero attached hydrogens (tertiary/aromatic N) is 3. The van der Waals surface area contributed by atoms with Gasteiger partial charge in [-0.25, -0.2) is 0 Å². The molecule has 2 aromatic rings. The summed E-state index contributed by atoms with van der Waals surface area (Å²) >= 11 is 0. The van der Waals surface area contributed by atoms with Crippen LogP contribution in [0.2, 0.25) is 0 Å². The van der Waals surface area contributed by atoms with E-state index in [2.05, 4.69) is 10.1 Å². The average Bonchev–Trinajstić information content (AvgIpc) is 3.31. The summed E-state index contributed by atoms with van der Waals surface area (Å²) in [7, 11) is 3.23. The summed E-state index contributed by atoms with van der Waals surface area (Å²) in [5.41, 5.74) is 6.91. The molecule has 0 bridgehead atoms. The first kappa shape index (κ1) is 21.4. The first-order valence-electron chi connectivity index (χ1n) is 9.64. The van der Waals surface area contributed by atoms with Crippen molar-refractivity contribution in [3.05, 3.63) is 35.5 Å². The van der Waals surface area contributed by atoms with Gasteiger partial charge in [0, 0.05) is 19.5 Å². The van der Waals surface area contributed by atoms with Gasteiger partial charge in [0.05, 0.1) is 25.7 Å². The molecular formula is C20H27ClN4O4. The van der Waals surface area contributed by atoms with E-state index in [0.717, 1.165) is 31.2 Å². The molecule has 29 heavy (non-hydrogen) atoms. The van der Waals surface area contributed by atoms with Crippen molar-refractivity contribution < 1.29 is 18.8 Å². The molecule has 1 aliphatic carbocycles. The SMILES string of the molecule is COc1ccc(CCN2CC(c3nc(C4(N)CCC4)no3)CC2=O)cc1OC.Cl. The minimum atomic E-state index is -0.447. The molecule has 1 saturated heterocycles. The third-order valence-electron chi connectivity index (χ3n) is 5.81. The van der Waals surface area contributed by atoms with Crippen LogP contribution in [0.1, 0.15) is 48.9 Å². The molecule has 0 spiro atoms. The van der Waals surface area contributed by atoms with E-state index in [0.29, 0.717) is 42.7 Å². The van der Waals surface area contributed by atoms with E-state index in [-0.39, 0.29) is 24.2 Å². The van der Waals surface area contributed by atoms with Crippen LogP contribution in [0, 0.1) is 0 Å². The standard InChI is InChI=1S/C20H26N4O4.ClH/c1-26-15-5-4-13(10-16(15)27-2)6-9-24-12-14(11-17(24)25)18-22-19(23-28-18)20(21)7-3-8-20;/h4-5,10,14H,3,6-9,11-12,21H2,1-2H3;1H. The zero-order chi connectivity index (χ0) is 19.7. The van der Waals surface area contributed by atoms with Gasteiger partial charge in [-0.15, -0.1) is 12.4 Å². The van der Waals surface area contributed by atoms with E-state index in [1.54, 1.807) is 14.2 Å². The first-order chi connectivity index (χ1) is 13.5. The molecule has 1 saturated carbocycles. The molecule has 1 aromatic carbocycles. The smallest absolute Gasteiger partial charge is 0.232 e. The maximum absolute atomic E-state index is 12.4. The fraction of sp³-hybridized carbons (Fsp3) is 0.550. The lowest BCUT2D eigenvalue weighted by atomic mass is 9.77. The van der Waals surface area contributed by atoms with E-state index >= 15 is 0 Å². The highest BCUT2D eigenvalue weighted by Crippen LogP contribution is 2.38. The quantitative estimate of drug-likeness (QED) is 0.730. The van der Waals surface area contributed by atoms with Crippen molar-refractivity contribution >= 4 is 18.3 Å². The first-order valence-corrected chi connectivity index (χ1v) is 9.64. The van der Waals surface area contributed by atoms with Gasteiger partial charge in [-0.05, 0) is 43.4 Å². The van der Waals surface area contributed by atoms with Gasteiger partial charge in [0.25, 0.3) is 0 Å². The second kappa shape index (κ2) is 8.59. The molecule has 1 unspecified atom stereocenters. The predicted molar refractivity (Wildman–Crippen MR) is 108 cm³/mol. The second-order valence-corrected chi connectivity index (χ2v) is 7.65. The molecule has 158 valence electrons. The van der Waals surface area contributed by atoms with E-state index in [1.165, 1.54) is 0 Å². The number of hydrogen-bond donors (Lipinski definition) is 1. The molecular weight excluding hydrogens is 396 g/mol. The Morgan fingerprint density at radius 2 is 2.03 bits per heavy atom. The highest BCUT2D eigenvalue weighted by Gasteiger charge is 2.41. The Kier molecular flexibility index (Phi) is 6.33. The number of nitrogens with two attached hydrogens (primary N) is 1. The largest absolute Gasteiger partial charge is 0.493 e. The second-order valence-electron chi connectivity index (χ2n) is 7.65. The summed E-state index contributed by atoms with van der Waals surface area (Å²) < 4.78 is 16.0. The van der Waals surface area contributed by atoms with Crippen LogP contribution in [-0.4, -0.2) is 48.3 Å². The lowest BCUT2D eigenvalue weighted by Crippen LogP contribution is -2.44. The molecule has 4 rings (SSSR count). The number of amides is 1. The molecule has 1 aliphatic heterocycles. The number of halogens is 1. The lowest BCUT2D eigenvalue weighted by molar-refractivity contribution is -0.127. The number of ether oxygens (including phenoxy) is 2. The molecule has 1 amide bonds. The summed E-state index contributed by atoms with van der Waals surface area (Å²) in [5, 5.41) is 4.07. The average molecular weight is 423 g/mol. The predicted octanol–water partition coefficient (Wildman–Crippen LogP) is 2.41. The van der Waals surface area contributed by atoms with Crippen LogP contribution in [0.5, 0.6) is 11.5 Å². The minimum absolute atomic E-state index is 0. The minimum Gasteiger partial charge on any atom is -0.493 e. The summed E-state index contributed by atoms with van der Waals surface area (Å²) in [6.45, 7) is 1.22. The van der Waals surface area contributed by atoms with Crippen LogP contribution in [-0.2, 0) is 16.8 Å². The Hall–Kier alpha value is -2.32. The van der Waals surface area contributed by atoms with Crippen LogP contribution >= 0.6 is 12.4 Å². The van der Waals surface area contributed by atoms with Crippen LogP contribution in [0.15, 0.2) is 22.7 Å². The van der Waals surface area contributed by atoms with Gasteiger partial charge in [0.15, 0.2) is 17.3 Å². The van der Waals surface area contributed by atoms with Crippen molar-refractivity contribution in [3.63, 3.8) is 0 Å². The van der Waals surface area contributed by atoms with Gasteiger partial charge in [-0.3, -0.25) is 4.79 Å². The van der Waals surface area contributed by atoms with Crippen molar-refractivity contribution in [2.24, 2.45) is 5.73 Å². The fourth-order valence-electron chi connectivity index (χ4n) is 3.84. The summed E-state index contributed by atoms with van der Waals surface area (Å²) in [4.78, 5) is 18.8. The molecule has 1 aromatic heterocycles. The molecule has 8 nitrogen and oxygen atoms in total. The molecule has 1 atom stereocenters. The number of hydrogen-bond acceptors (Lipinski definition) is 7. The monoisotopic (exact) mass is 422 g/mol. The molecule has 2 N–H and O–H groups in total. The molecule has 0 radical (unpaired) electrons. The number of likely N-dealkylation sites (tertiary alicyclic amines) is 1. The Morgan fingerprint density at radius 3 is 2.69 bits per heavy atom. The molecule has 2 aliphatic rings. The zero-order valence-electron chi connectivity index (χ0n) is 16.7. The van der Waals surface area contributed by atoms with E-state index in [9.17, 15) is 4.79 Å². The molecule has 2 fully saturated rings. The van der Waals surface area contributed by atoms with E-state index in [1.807, 2.05) is 23.1 Å². The molecule has 9 heteroatoms. The number of methoxy groups -OCH3 is 2. The topological polar surface area (TPSA) is 104 Å². The summed E-state index contributed by atoms with van der Waals surface area (Å²) in [5.74, 6) is 2.52. The van der Waals surface area contributed by atoms with E-state index < -0.39 is 5.54 Å². The number of benzene rings is 1. The Balaban J connectivity index is 0.00000240. The fourth-order valence-corrected chi connectivity index (χ4v) is 3.84. The summed E-state index contributed by atoms with van der Waals surface area (Å²) in [6.07, 6.45) is 3.98. The van der Waals surface area contributed by atoms with Gasteiger partial charge >= 0.3 is 0 Å². The maximum atomic E-state index is 12.4. The van der Waals surface area contributed by atoms with Crippen molar-refractivity contribution in [2.75, 3.05) is 27.3 Å². The number of rotatable bonds is 7. The van der Waals surface area contributed by atoms with Crippen molar-refractivity contribution in [3.8, 4) is 11.5 Å². The van der Waals surface area contributed by atoms with Gasteiger partial charge in [-0.1, -0.05) is 11.2 Å². The summed E-state index contributed by atoms with van der Waals surface area (Å²) in [6, 6.07) is 5.81. The van der Waals surface area contributed by atoms with Crippen LogP contribution in [0.25, 0.3) is 0 Å². The number of carbonyl (C=O) groups is 1. The highest BCUT2D eigenvalue weighted by atomic mass is 35.5. The Morgan fingerprint density at radius 1 is 1.28 bits per heavy atom. The zero-order valence-corrected chi connectivity index (χ0v) is 17.5.